The third kappa shape index (κ3) is 3.64. The minimum Gasteiger partial charge on any atom is -0.326 e. The molecule has 2 aromatic rings. The van der Waals surface area contributed by atoms with Gasteiger partial charge in [0.05, 0.1) is 11.7 Å². The standard InChI is InChI=1S/C14H16FN3O/c1-10-7-8-18(17-10)11(2)9-14(19)16-13-5-3-12(15)4-6-13/h3-8,11H,9H2,1-2H3,(H,16,19)/t11-/m0/s1. The maximum atomic E-state index is 12.7. The summed E-state index contributed by atoms with van der Waals surface area (Å²) in [5, 5.41) is 7.00. The van der Waals surface area contributed by atoms with E-state index in [-0.39, 0.29) is 17.8 Å². The molecule has 1 aromatic heterocycles. The Morgan fingerprint density at radius 3 is 2.63 bits per heavy atom. The molecule has 0 unspecified atom stereocenters. The Bertz CT molecular complexity index is 562. The third-order valence-corrected chi connectivity index (χ3v) is 2.80. The zero-order chi connectivity index (χ0) is 13.8. The maximum absolute atomic E-state index is 12.7. The lowest BCUT2D eigenvalue weighted by Crippen LogP contribution is -2.18. The molecule has 0 bridgehead atoms. The number of benzene rings is 1. The average molecular weight is 261 g/mol. The smallest absolute Gasteiger partial charge is 0.226 e. The summed E-state index contributed by atoms with van der Waals surface area (Å²) < 4.78 is 14.5. The van der Waals surface area contributed by atoms with Crippen LogP contribution >= 0.6 is 0 Å². The van der Waals surface area contributed by atoms with Crippen LogP contribution < -0.4 is 5.32 Å². The minimum absolute atomic E-state index is 0.0193. The molecule has 1 heterocycles. The Morgan fingerprint density at radius 1 is 1.37 bits per heavy atom. The molecule has 0 spiro atoms. The molecule has 0 aliphatic heterocycles. The summed E-state index contributed by atoms with van der Waals surface area (Å²) in [6.45, 7) is 3.83. The molecular weight excluding hydrogens is 245 g/mol. The zero-order valence-corrected chi connectivity index (χ0v) is 10.9. The normalized spacial score (nSPS) is 12.2. The van der Waals surface area contributed by atoms with E-state index in [2.05, 4.69) is 10.4 Å². The van der Waals surface area contributed by atoms with Crippen LogP contribution in [-0.2, 0) is 4.79 Å². The van der Waals surface area contributed by atoms with E-state index >= 15 is 0 Å². The Kier molecular flexibility index (Phi) is 3.94. The summed E-state index contributed by atoms with van der Waals surface area (Å²) >= 11 is 0. The van der Waals surface area contributed by atoms with E-state index in [4.69, 9.17) is 0 Å². The lowest BCUT2D eigenvalue weighted by atomic mass is 10.2. The van der Waals surface area contributed by atoms with Gasteiger partial charge >= 0.3 is 0 Å². The molecule has 0 fully saturated rings. The maximum Gasteiger partial charge on any atom is 0.226 e. The van der Waals surface area contributed by atoms with E-state index in [0.717, 1.165) is 5.69 Å². The predicted molar refractivity (Wildman–Crippen MR) is 71.3 cm³/mol. The highest BCUT2D eigenvalue weighted by molar-refractivity contribution is 5.90. The number of aromatic nitrogens is 2. The lowest BCUT2D eigenvalue weighted by molar-refractivity contribution is -0.116. The number of nitrogens with one attached hydrogen (secondary N) is 1. The molecule has 0 aliphatic carbocycles. The fraction of sp³-hybridized carbons (Fsp3) is 0.286. The molecule has 1 aromatic carbocycles. The van der Waals surface area contributed by atoms with Crippen molar-refractivity contribution in [3.05, 3.63) is 48.0 Å². The molecule has 1 N–H and O–H groups in total. The number of carbonyl (C=O) groups is 1. The van der Waals surface area contributed by atoms with Gasteiger partial charge in [0.2, 0.25) is 5.91 Å². The predicted octanol–water partition coefficient (Wildman–Crippen LogP) is 2.92. The monoisotopic (exact) mass is 261 g/mol. The number of carbonyl (C=O) groups excluding carboxylic acids is 1. The Hall–Kier alpha value is -2.17. The van der Waals surface area contributed by atoms with Crippen molar-refractivity contribution >= 4 is 11.6 Å². The van der Waals surface area contributed by atoms with E-state index in [9.17, 15) is 9.18 Å². The van der Waals surface area contributed by atoms with Gasteiger partial charge in [-0.25, -0.2) is 4.39 Å². The highest BCUT2D eigenvalue weighted by Crippen LogP contribution is 2.13. The van der Waals surface area contributed by atoms with Gasteiger partial charge in [0.15, 0.2) is 0 Å². The minimum atomic E-state index is -0.321. The van der Waals surface area contributed by atoms with Crippen LogP contribution in [0.3, 0.4) is 0 Å². The molecule has 5 heteroatoms. The van der Waals surface area contributed by atoms with Crippen molar-refractivity contribution in [2.75, 3.05) is 5.32 Å². The van der Waals surface area contributed by atoms with Gasteiger partial charge in [-0.05, 0) is 44.2 Å². The van der Waals surface area contributed by atoms with Crippen LogP contribution in [0.5, 0.6) is 0 Å². The first-order valence-corrected chi connectivity index (χ1v) is 6.12. The second kappa shape index (κ2) is 5.65. The van der Waals surface area contributed by atoms with Gasteiger partial charge in [0.1, 0.15) is 5.82 Å². The summed E-state index contributed by atoms with van der Waals surface area (Å²) in [6, 6.07) is 7.58. The first-order valence-electron chi connectivity index (χ1n) is 6.12. The summed E-state index contributed by atoms with van der Waals surface area (Å²) in [5.74, 6) is -0.439. The molecule has 0 saturated heterocycles. The van der Waals surface area contributed by atoms with Crippen LogP contribution in [0.4, 0.5) is 10.1 Å². The lowest BCUT2D eigenvalue weighted by Gasteiger charge is -2.12. The van der Waals surface area contributed by atoms with Gasteiger partial charge in [-0.2, -0.15) is 5.10 Å². The number of hydrogen-bond donors (Lipinski definition) is 1. The van der Waals surface area contributed by atoms with Gasteiger partial charge in [0.25, 0.3) is 0 Å². The molecule has 4 nitrogen and oxygen atoms in total. The van der Waals surface area contributed by atoms with Crippen molar-refractivity contribution < 1.29 is 9.18 Å². The van der Waals surface area contributed by atoms with E-state index in [1.807, 2.05) is 26.1 Å². The van der Waals surface area contributed by atoms with Crippen molar-refractivity contribution in [3.8, 4) is 0 Å². The van der Waals surface area contributed by atoms with Gasteiger partial charge in [0, 0.05) is 18.3 Å². The largest absolute Gasteiger partial charge is 0.326 e. The van der Waals surface area contributed by atoms with Crippen LogP contribution in [0.2, 0.25) is 0 Å². The second-order valence-electron chi connectivity index (χ2n) is 4.55. The molecule has 1 amide bonds. The van der Waals surface area contributed by atoms with Crippen LogP contribution in [0, 0.1) is 12.7 Å². The van der Waals surface area contributed by atoms with Crippen LogP contribution in [0.25, 0.3) is 0 Å². The molecular formula is C14H16FN3O. The van der Waals surface area contributed by atoms with E-state index in [1.54, 1.807) is 4.68 Å². The van der Waals surface area contributed by atoms with E-state index < -0.39 is 0 Å². The fourth-order valence-electron chi connectivity index (χ4n) is 1.79. The molecule has 19 heavy (non-hydrogen) atoms. The van der Waals surface area contributed by atoms with Gasteiger partial charge in [-0.3, -0.25) is 9.48 Å². The van der Waals surface area contributed by atoms with Crippen molar-refractivity contribution in [1.82, 2.24) is 9.78 Å². The van der Waals surface area contributed by atoms with Gasteiger partial charge in [-0.1, -0.05) is 0 Å². The summed E-state index contributed by atoms with van der Waals surface area (Å²) in [6.07, 6.45) is 2.17. The van der Waals surface area contributed by atoms with Crippen molar-refractivity contribution in [2.24, 2.45) is 0 Å². The number of hydrogen-bond acceptors (Lipinski definition) is 2. The highest BCUT2D eigenvalue weighted by Gasteiger charge is 2.11. The first kappa shape index (κ1) is 13.3. The number of nitrogens with zero attached hydrogens (tertiary/aromatic N) is 2. The number of aryl methyl sites for hydroxylation is 1. The molecule has 2 rings (SSSR count). The van der Waals surface area contributed by atoms with Crippen LogP contribution in [0.1, 0.15) is 25.1 Å². The fourth-order valence-corrected chi connectivity index (χ4v) is 1.79. The van der Waals surface area contributed by atoms with Gasteiger partial charge < -0.3 is 5.32 Å². The Balaban J connectivity index is 1.92. The molecule has 0 aliphatic rings. The summed E-state index contributed by atoms with van der Waals surface area (Å²) in [5.41, 5.74) is 1.51. The first-order chi connectivity index (χ1) is 9.04. The topological polar surface area (TPSA) is 46.9 Å². The second-order valence-corrected chi connectivity index (χ2v) is 4.55. The number of rotatable bonds is 4. The van der Waals surface area contributed by atoms with Crippen molar-refractivity contribution in [3.63, 3.8) is 0 Å². The van der Waals surface area contributed by atoms with Gasteiger partial charge in [-0.15, -0.1) is 0 Å². The molecule has 0 saturated carbocycles. The highest BCUT2D eigenvalue weighted by atomic mass is 19.1. The van der Waals surface area contributed by atoms with Crippen LogP contribution in [-0.4, -0.2) is 15.7 Å². The van der Waals surface area contributed by atoms with Crippen molar-refractivity contribution in [1.29, 1.82) is 0 Å². The molecule has 100 valence electrons. The average Bonchev–Trinajstić information content (AvgIpc) is 2.79. The molecule has 1 atom stereocenters. The number of amides is 1. The zero-order valence-electron chi connectivity index (χ0n) is 10.9. The number of halogens is 1. The summed E-state index contributed by atoms with van der Waals surface area (Å²) in [4.78, 5) is 11.8. The Morgan fingerprint density at radius 2 is 2.05 bits per heavy atom. The molecule has 0 radical (unpaired) electrons. The van der Waals surface area contributed by atoms with E-state index in [0.29, 0.717) is 12.1 Å². The third-order valence-electron chi connectivity index (χ3n) is 2.80. The van der Waals surface area contributed by atoms with Crippen molar-refractivity contribution in [2.45, 2.75) is 26.3 Å². The Labute approximate surface area is 111 Å². The van der Waals surface area contributed by atoms with E-state index in [1.165, 1.54) is 24.3 Å². The van der Waals surface area contributed by atoms with Crippen LogP contribution in [0.15, 0.2) is 36.5 Å². The quantitative estimate of drug-likeness (QED) is 0.919. The summed E-state index contributed by atoms with van der Waals surface area (Å²) in [7, 11) is 0. The SMILES string of the molecule is Cc1ccn([C@@H](C)CC(=O)Nc2ccc(F)cc2)n1. The number of anilines is 1.